The number of hydrogen-bond acceptors (Lipinski definition) is 2. The van der Waals surface area contributed by atoms with Crippen LogP contribution >= 0.6 is 11.8 Å². The molecule has 0 amide bonds. The summed E-state index contributed by atoms with van der Waals surface area (Å²) >= 11 is 2.03. The van der Waals surface area contributed by atoms with E-state index in [1.54, 1.807) is 11.1 Å². The fourth-order valence-electron chi connectivity index (χ4n) is 10.8. The molecule has 6 aliphatic rings. The molecular weight excluding hydrogens is 551 g/mol. The van der Waals surface area contributed by atoms with E-state index in [-0.39, 0.29) is 16.2 Å². The van der Waals surface area contributed by atoms with Gasteiger partial charge < -0.3 is 4.90 Å². The van der Waals surface area contributed by atoms with Gasteiger partial charge in [0.2, 0.25) is 0 Å². The molecule has 1 aliphatic heterocycles. The van der Waals surface area contributed by atoms with Gasteiger partial charge in [-0.05, 0) is 138 Å². The van der Waals surface area contributed by atoms with Crippen molar-refractivity contribution in [2.24, 2.45) is 23.7 Å². The van der Waals surface area contributed by atoms with Crippen molar-refractivity contribution < 1.29 is 0 Å². The van der Waals surface area contributed by atoms with Crippen LogP contribution in [0.25, 0.3) is 0 Å². The predicted molar refractivity (Wildman–Crippen MR) is 185 cm³/mol. The van der Waals surface area contributed by atoms with Crippen LogP contribution in [0, 0.1) is 23.7 Å². The molecule has 10 rings (SSSR count). The Bertz CT molecular complexity index is 1740. The Morgan fingerprint density at radius 3 is 1.93 bits per heavy atom. The highest BCUT2D eigenvalue weighted by molar-refractivity contribution is 7.99. The SMILES string of the molecule is CC1(C)CCC(C)(C)c2cc(N(c3ccccc3)c3cccc4c3Sc3ccccc3C43C4CC5CC(C4)CC3C5)ccc21. The van der Waals surface area contributed by atoms with E-state index in [1.807, 2.05) is 11.8 Å². The zero-order valence-corrected chi connectivity index (χ0v) is 27.6. The number of fused-ring (bicyclic) bond motifs is 3. The summed E-state index contributed by atoms with van der Waals surface area (Å²) in [5, 5.41) is 0. The predicted octanol–water partition coefficient (Wildman–Crippen LogP) is 11.7. The van der Waals surface area contributed by atoms with Crippen molar-refractivity contribution in [3.63, 3.8) is 0 Å². The molecule has 4 saturated carbocycles. The van der Waals surface area contributed by atoms with Gasteiger partial charge >= 0.3 is 0 Å². The van der Waals surface area contributed by atoms with Gasteiger partial charge in [0.05, 0.1) is 5.69 Å². The number of hydrogen-bond donors (Lipinski definition) is 0. The van der Waals surface area contributed by atoms with Gasteiger partial charge in [0.1, 0.15) is 0 Å². The van der Waals surface area contributed by atoms with Gasteiger partial charge in [-0.25, -0.2) is 0 Å². The summed E-state index contributed by atoms with van der Waals surface area (Å²) in [5.41, 5.74) is 10.7. The van der Waals surface area contributed by atoms with Crippen LogP contribution in [0.4, 0.5) is 17.1 Å². The van der Waals surface area contributed by atoms with Crippen LogP contribution in [0.15, 0.2) is 101 Å². The minimum absolute atomic E-state index is 0.144. The summed E-state index contributed by atoms with van der Waals surface area (Å²) in [5.74, 6) is 3.40. The fourth-order valence-corrected chi connectivity index (χ4v) is 12.1. The van der Waals surface area contributed by atoms with E-state index in [9.17, 15) is 0 Å². The summed E-state index contributed by atoms with van der Waals surface area (Å²) in [6.45, 7) is 9.76. The summed E-state index contributed by atoms with van der Waals surface area (Å²) in [7, 11) is 0. The van der Waals surface area contributed by atoms with Crippen molar-refractivity contribution in [1.82, 2.24) is 0 Å². The minimum atomic E-state index is 0.144. The molecule has 1 nitrogen and oxygen atoms in total. The van der Waals surface area contributed by atoms with Crippen molar-refractivity contribution in [1.29, 1.82) is 0 Å². The zero-order valence-electron chi connectivity index (χ0n) is 26.8. The largest absolute Gasteiger partial charge is 0.309 e. The molecule has 1 heterocycles. The summed E-state index contributed by atoms with van der Waals surface area (Å²) < 4.78 is 0. The van der Waals surface area contributed by atoms with E-state index in [0.717, 1.165) is 23.7 Å². The molecule has 4 fully saturated rings. The van der Waals surface area contributed by atoms with Crippen molar-refractivity contribution >= 4 is 28.8 Å². The first-order chi connectivity index (χ1) is 21.3. The standard InChI is InChI=1S/C42H45NS/c1-40(2)19-20-41(3,4)36-26-32(17-18-33(36)40)43(31-11-6-5-7-12-31)37-15-10-14-35-39(37)44-38-16-9-8-13-34(38)42(35)29-22-27-21-28(24-29)25-30(42)23-27/h5-18,26-30H,19-25H2,1-4H3. The van der Waals surface area contributed by atoms with Crippen LogP contribution in [-0.2, 0) is 16.2 Å². The summed E-state index contributed by atoms with van der Waals surface area (Å²) in [6.07, 6.45) is 9.59. The van der Waals surface area contributed by atoms with Crippen molar-refractivity contribution in [2.45, 2.75) is 98.7 Å². The molecule has 0 saturated heterocycles. The van der Waals surface area contributed by atoms with E-state index in [4.69, 9.17) is 0 Å². The quantitative estimate of drug-likeness (QED) is 0.232. The summed E-state index contributed by atoms with van der Waals surface area (Å²) in [4.78, 5) is 5.56. The van der Waals surface area contributed by atoms with E-state index < -0.39 is 0 Å². The van der Waals surface area contributed by atoms with Gasteiger partial charge in [-0.3, -0.25) is 0 Å². The van der Waals surface area contributed by atoms with Crippen LogP contribution in [0.2, 0.25) is 0 Å². The molecule has 1 spiro atoms. The lowest BCUT2D eigenvalue weighted by Gasteiger charge is -2.63. The van der Waals surface area contributed by atoms with Crippen LogP contribution in [0.3, 0.4) is 0 Å². The Kier molecular flexibility index (Phi) is 5.92. The molecule has 0 unspecified atom stereocenters. The third kappa shape index (κ3) is 3.79. The first-order valence-corrected chi connectivity index (χ1v) is 18.0. The molecule has 224 valence electrons. The molecule has 0 atom stereocenters. The third-order valence-corrected chi connectivity index (χ3v) is 14.0. The van der Waals surface area contributed by atoms with Gasteiger partial charge in [-0.2, -0.15) is 0 Å². The van der Waals surface area contributed by atoms with Crippen LogP contribution in [0.5, 0.6) is 0 Å². The Labute approximate surface area is 268 Å². The molecule has 0 radical (unpaired) electrons. The normalized spacial score (nSPS) is 30.0. The van der Waals surface area contributed by atoms with E-state index >= 15 is 0 Å². The molecular formula is C42H45NS. The zero-order chi connectivity index (χ0) is 29.8. The lowest BCUT2D eigenvalue weighted by atomic mass is 9.42. The first-order valence-electron chi connectivity index (χ1n) is 17.2. The number of anilines is 3. The fraction of sp³-hybridized carbons (Fsp3) is 0.429. The Morgan fingerprint density at radius 1 is 0.568 bits per heavy atom. The average molecular weight is 596 g/mol. The molecule has 5 aliphatic carbocycles. The lowest BCUT2D eigenvalue weighted by Crippen LogP contribution is -2.57. The Hall–Kier alpha value is -2.97. The van der Waals surface area contributed by atoms with Gasteiger partial charge in [-0.15, -0.1) is 0 Å². The molecule has 4 bridgehead atoms. The maximum absolute atomic E-state index is 2.58. The second kappa shape index (κ2) is 9.52. The van der Waals surface area contributed by atoms with Crippen LogP contribution in [-0.4, -0.2) is 0 Å². The number of rotatable bonds is 3. The monoisotopic (exact) mass is 595 g/mol. The topological polar surface area (TPSA) is 3.24 Å². The van der Waals surface area contributed by atoms with Crippen molar-refractivity contribution in [3.05, 3.63) is 113 Å². The molecule has 0 aromatic heterocycles. The molecule has 4 aromatic carbocycles. The first kappa shape index (κ1) is 27.3. The van der Waals surface area contributed by atoms with Crippen LogP contribution < -0.4 is 4.90 Å². The van der Waals surface area contributed by atoms with Gasteiger partial charge in [-0.1, -0.05) is 94.1 Å². The van der Waals surface area contributed by atoms with Gasteiger partial charge in [0.25, 0.3) is 0 Å². The molecule has 2 heteroatoms. The second-order valence-corrected chi connectivity index (χ2v) is 17.1. The van der Waals surface area contributed by atoms with Crippen molar-refractivity contribution in [3.8, 4) is 0 Å². The number of benzene rings is 4. The maximum Gasteiger partial charge on any atom is 0.0604 e. The number of nitrogens with zero attached hydrogens (tertiary/aromatic N) is 1. The summed E-state index contributed by atoms with van der Waals surface area (Å²) in [6, 6.07) is 35.4. The lowest BCUT2D eigenvalue weighted by molar-refractivity contribution is -0.0443. The Morgan fingerprint density at radius 2 is 1.20 bits per heavy atom. The highest BCUT2D eigenvalue weighted by atomic mass is 32.2. The molecule has 44 heavy (non-hydrogen) atoms. The van der Waals surface area contributed by atoms with Crippen molar-refractivity contribution in [2.75, 3.05) is 4.90 Å². The maximum atomic E-state index is 2.58. The second-order valence-electron chi connectivity index (χ2n) is 16.1. The molecule has 0 N–H and O–H groups in total. The minimum Gasteiger partial charge on any atom is -0.309 e. The highest BCUT2D eigenvalue weighted by Crippen LogP contribution is 2.69. The van der Waals surface area contributed by atoms with E-state index in [0.29, 0.717) is 0 Å². The number of para-hydroxylation sites is 1. The smallest absolute Gasteiger partial charge is 0.0604 e. The average Bonchev–Trinajstić information content (AvgIpc) is 3.02. The Balaban J connectivity index is 1.28. The van der Waals surface area contributed by atoms with Crippen LogP contribution in [0.1, 0.15) is 94.9 Å². The van der Waals surface area contributed by atoms with Gasteiger partial charge in [0.15, 0.2) is 0 Å². The van der Waals surface area contributed by atoms with Gasteiger partial charge in [0, 0.05) is 26.6 Å². The third-order valence-electron chi connectivity index (χ3n) is 12.8. The molecule has 4 aromatic rings. The highest BCUT2D eigenvalue weighted by Gasteiger charge is 2.61. The van der Waals surface area contributed by atoms with E-state index in [2.05, 4.69) is 124 Å². The van der Waals surface area contributed by atoms with E-state index in [1.165, 1.54) is 82.9 Å².